The Morgan fingerprint density at radius 1 is 1.32 bits per heavy atom. The van der Waals surface area contributed by atoms with E-state index in [1.165, 1.54) is 0 Å². The predicted octanol–water partition coefficient (Wildman–Crippen LogP) is 2.15. The topological polar surface area (TPSA) is 58.6 Å². The van der Waals surface area contributed by atoms with Crippen LogP contribution in [0, 0.1) is 0 Å². The monoisotopic (exact) mass is 280 g/mol. The van der Waals surface area contributed by atoms with Gasteiger partial charge in [-0.15, -0.1) is 0 Å². The second kappa shape index (κ2) is 3.63. The van der Waals surface area contributed by atoms with E-state index in [0.29, 0.717) is 22.2 Å². The second-order valence-electron chi connectivity index (χ2n) is 5.46. The lowest BCUT2D eigenvalue weighted by Crippen LogP contribution is -2.53. The number of nitrogens with one attached hydrogen (secondary N) is 1. The van der Waals surface area contributed by atoms with E-state index in [1.54, 1.807) is 18.2 Å². The number of hydrogen-bond donors (Lipinski definition) is 1. The molecule has 1 aromatic carbocycles. The quantitative estimate of drug-likeness (QED) is 0.585. The van der Waals surface area contributed by atoms with Crippen LogP contribution in [-0.2, 0) is 10.3 Å². The van der Waals surface area contributed by atoms with E-state index >= 15 is 0 Å². The first-order valence-corrected chi connectivity index (χ1v) is 6.31. The third kappa shape index (κ3) is 1.61. The lowest BCUT2D eigenvalue weighted by atomic mass is 9.77. The van der Waals surface area contributed by atoms with Crippen LogP contribution in [0.1, 0.15) is 25.8 Å². The van der Waals surface area contributed by atoms with Crippen molar-refractivity contribution in [3.8, 4) is 5.75 Å². The summed E-state index contributed by atoms with van der Waals surface area (Å²) in [6, 6.07) is 6.60. The minimum atomic E-state index is -1.13. The number of hydrogen-bond acceptors (Lipinski definition) is 3. The van der Waals surface area contributed by atoms with E-state index in [2.05, 4.69) is 5.32 Å². The molecular formula is C13H13ClN2O3. The van der Waals surface area contributed by atoms with Gasteiger partial charge in [0.1, 0.15) is 11.4 Å². The molecule has 1 unspecified atom stereocenters. The van der Waals surface area contributed by atoms with Crippen LogP contribution in [0.2, 0.25) is 0 Å². The summed E-state index contributed by atoms with van der Waals surface area (Å²) < 4.78 is 6.47. The fraction of sp³-hybridized carbons (Fsp3) is 0.385. The molecule has 0 bridgehead atoms. The highest BCUT2D eigenvalue weighted by Gasteiger charge is 2.58. The normalized spacial score (nSPS) is 28.1. The molecule has 3 rings (SSSR count). The average Bonchev–Trinajstić information content (AvgIpc) is 2.53. The maximum Gasteiger partial charge on any atom is 0.340 e. The number of nitrogens with zero attached hydrogens (tertiary/aromatic N) is 1. The van der Waals surface area contributed by atoms with Gasteiger partial charge in [-0.05, 0) is 19.9 Å². The molecule has 0 radical (unpaired) electrons. The maximum atomic E-state index is 12.4. The lowest BCUT2D eigenvalue weighted by Gasteiger charge is -2.42. The minimum Gasteiger partial charge on any atom is -0.487 e. The van der Waals surface area contributed by atoms with Crippen molar-refractivity contribution in [2.45, 2.75) is 31.4 Å². The summed E-state index contributed by atoms with van der Waals surface area (Å²) in [6.07, 6.45) is 0.338. The van der Waals surface area contributed by atoms with Crippen LogP contribution >= 0.6 is 11.8 Å². The number of para-hydroxylation sites is 1. The summed E-state index contributed by atoms with van der Waals surface area (Å²) in [7, 11) is 0. The molecular weight excluding hydrogens is 268 g/mol. The van der Waals surface area contributed by atoms with Crippen molar-refractivity contribution in [2.75, 3.05) is 0 Å². The Kier molecular flexibility index (Phi) is 2.35. The smallest absolute Gasteiger partial charge is 0.340 e. The molecule has 0 saturated carbocycles. The maximum absolute atomic E-state index is 12.4. The summed E-state index contributed by atoms with van der Waals surface area (Å²) >= 11 is 5.73. The molecule has 2 aliphatic rings. The molecule has 0 aromatic heterocycles. The zero-order valence-corrected chi connectivity index (χ0v) is 11.3. The van der Waals surface area contributed by atoms with E-state index in [0.717, 1.165) is 0 Å². The Morgan fingerprint density at radius 3 is 2.63 bits per heavy atom. The molecule has 2 aliphatic heterocycles. The van der Waals surface area contributed by atoms with Crippen molar-refractivity contribution in [2.24, 2.45) is 0 Å². The predicted molar refractivity (Wildman–Crippen MR) is 68.7 cm³/mol. The van der Waals surface area contributed by atoms with E-state index in [-0.39, 0.29) is 0 Å². The Bertz CT molecular complexity index is 587. The largest absolute Gasteiger partial charge is 0.487 e. The molecule has 100 valence electrons. The Hall–Kier alpha value is -1.75. The van der Waals surface area contributed by atoms with E-state index in [1.807, 2.05) is 19.9 Å². The van der Waals surface area contributed by atoms with Gasteiger partial charge in [-0.25, -0.2) is 4.79 Å². The van der Waals surface area contributed by atoms with Crippen LogP contribution < -0.4 is 10.1 Å². The number of amides is 3. The highest BCUT2D eigenvalue weighted by molar-refractivity contribution is 6.33. The van der Waals surface area contributed by atoms with Crippen LogP contribution in [0.25, 0.3) is 0 Å². The molecule has 1 aromatic rings. The molecule has 1 atom stereocenters. The van der Waals surface area contributed by atoms with E-state index in [9.17, 15) is 9.59 Å². The van der Waals surface area contributed by atoms with Crippen LogP contribution in [0.4, 0.5) is 4.79 Å². The fourth-order valence-electron chi connectivity index (χ4n) is 2.82. The second-order valence-corrected chi connectivity index (χ2v) is 5.79. The van der Waals surface area contributed by atoms with Gasteiger partial charge < -0.3 is 10.1 Å². The highest BCUT2D eigenvalue weighted by Crippen LogP contribution is 2.46. The molecule has 19 heavy (non-hydrogen) atoms. The molecule has 5 nitrogen and oxygen atoms in total. The molecule has 6 heteroatoms. The summed E-state index contributed by atoms with van der Waals surface area (Å²) in [5.74, 6) is 0.141. The van der Waals surface area contributed by atoms with Gasteiger partial charge in [0, 0.05) is 23.8 Å². The zero-order chi connectivity index (χ0) is 13.8. The first kappa shape index (κ1) is 12.3. The Morgan fingerprint density at radius 2 is 2.00 bits per heavy atom. The Balaban J connectivity index is 2.22. The first-order chi connectivity index (χ1) is 8.86. The molecule has 1 saturated heterocycles. The van der Waals surface area contributed by atoms with Crippen molar-refractivity contribution in [3.05, 3.63) is 29.8 Å². The van der Waals surface area contributed by atoms with Crippen molar-refractivity contribution >= 4 is 23.7 Å². The van der Waals surface area contributed by atoms with Crippen LogP contribution in [0.5, 0.6) is 5.75 Å². The van der Waals surface area contributed by atoms with Crippen molar-refractivity contribution in [1.29, 1.82) is 0 Å². The number of rotatable bonds is 0. The van der Waals surface area contributed by atoms with Crippen LogP contribution in [-0.4, -0.2) is 22.0 Å². The SMILES string of the molecule is CC1(C)CC2(NC(=O)N(Cl)C2=O)c2ccccc2O1. The van der Waals surface area contributed by atoms with Crippen molar-refractivity contribution in [3.63, 3.8) is 0 Å². The molecule has 3 amide bonds. The summed E-state index contributed by atoms with van der Waals surface area (Å²) in [5, 5.41) is 2.71. The number of carbonyl (C=O) groups is 2. The summed E-state index contributed by atoms with van der Waals surface area (Å²) in [4.78, 5) is 24.1. The summed E-state index contributed by atoms with van der Waals surface area (Å²) in [5.41, 5.74) is -1.05. The molecule has 2 heterocycles. The molecule has 1 spiro atoms. The van der Waals surface area contributed by atoms with Gasteiger partial charge in [-0.1, -0.05) is 18.2 Å². The minimum absolute atomic E-state index is 0.338. The third-order valence-electron chi connectivity index (χ3n) is 3.47. The van der Waals surface area contributed by atoms with Gasteiger partial charge in [0.25, 0.3) is 5.91 Å². The van der Waals surface area contributed by atoms with Crippen LogP contribution in [0.15, 0.2) is 24.3 Å². The number of ether oxygens (including phenoxy) is 1. The van der Waals surface area contributed by atoms with Gasteiger partial charge in [0.15, 0.2) is 5.54 Å². The number of fused-ring (bicyclic) bond motifs is 2. The lowest BCUT2D eigenvalue weighted by molar-refractivity contribution is -0.131. The average molecular weight is 281 g/mol. The number of benzene rings is 1. The zero-order valence-electron chi connectivity index (χ0n) is 10.6. The standard InChI is InChI=1S/C13H13ClN2O3/c1-12(2)7-13(10(17)16(14)11(18)15-13)8-5-3-4-6-9(8)19-12/h3-6H,7H2,1-2H3,(H,15,18). The van der Waals surface area contributed by atoms with Crippen molar-refractivity contribution < 1.29 is 14.3 Å². The number of carbonyl (C=O) groups excluding carboxylic acids is 2. The fourth-order valence-corrected chi connectivity index (χ4v) is 3.01. The molecule has 1 fully saturated rings. The van der Waals surface area contributed by atoms with Gasteiger partial charge in [0.2, 0.25) is 0 Å². The molecule has 1 N–H and O–H groups in total. The van der Waals surface area contributed by atoms with Crippen LogP contribution in [0.3, 0.4) is 0 Å². The van der Waals surface area contributed by atoms with Gasteiger partial charge in [-0.2, -0.15) is 4.42 Å². The van der Waals surface area contributed by atoms with E-state index in [4.69, 9.17) is 16.5 Å². The third-order valence-corrected chi connectivity index (χ3v) is 3.77. The number of halogens is 1. The number of urea groups is 1. The van der Waals surface area contributed by atoms with Crippen molar-refractivity contribution in [1.82, 2.24) is 9.74 Å². The molecule has 0 aliphatic carbocycles. The Labute approximate surface area is 115 Å². The van der Waals surface area contributed by atoms with Gasteiger partial charge >= 0.3 is 6.03 Å². The highest BCUT2D eigenvalue weighted by atomic mass is 35.5. The van der Waals surface area contributed by atoms with Gasteiger partial charge in [-0.3, -0.25) is 4.79 Å². The number of imide groups is 1. The van der Waals surface area contributed by atoms with E-state index < -0.39 is 23.1 Å². The first-order valence-electron chi connectivity index (χ1n) is 5.97. The summed E-state index contributed by atoms with van der Waals surface area (Å²) in [6.45, 7) is 3.75. The van der Waals surface area contributed by atoms with Gasteiger partial charge in [0.05, 0.1) is 0 Å².